The Morgan fingerprint density at radius 3 is 2.86 bits per heavy atom. The molecule has 1 aromatic rings. The van der Waals surface area contributed by atoms with Crippen molar-refractivity contribution in [3.63, 3.8) is 0 Å². The maximum atomic E-state index is 12.8. The molecule has 0 atom stereocenters. The second-order valence-corrected chi connectivity index (χ2v) is 2.44. The van der Waals surface area contributed by atoms with Crippen molar-refractivity contribution in [3.8, 4) is 5.75 Å². The highest BCUT2D eigenvalue weighted by Gasteiger charge is 2.14. The number of ether oxygens (including phenoxy) is 1. The molecule has 6 heteroatoms. The van der Waals surface area contributed by atoms with E-state index in [1.54, 1.807) is 0 Å². The third-order valence-electron chi connectivity index (χ3n) is 1.47. The number of halogens is 1. The third-order valence-corrected chi connectivity index (χ3v) is 1.47. The normalized spacial score (nSPS) is 9.86. The zero-order valence-corrected chi connectivity index (χ0v) is 7.14. The molecule has 0 aliphatic rings. The van der Waals surface area contributed by atoms with E-state index in [4.69, 9.17) is 9.84 Å². The SMILES string of the molecule is O=[N+]([O-])c1cc(OCCO)ccc1F. The highest BCUT2D eigenvalue weighted by atomic mass is 19.1. The molecule has 0 radical (unpaired) electrons. The van der Waals surface area contributed by atoms with Crippen LogP contribution in [0.15, 0.2) is 18.2 Å². The molecule has 14 heavy (non-hydrogen) atoms. The first-order chi connectivity index (χ1) is 6.65. The van der Waals surface area contributed by atoms with Crippen molar-refractivity contribution in [2.75, 3.05) is 13.2 Å². The summed E-state index contributed by atoms with van der Waals surface area (Å²) in [5.41, 5.74) is -0.638. The highest BCUT2D eigenvalue weighted by Crippen LogP contribution is 2.22. The molecule has 1 N–H and O–H groups in total. The van der Waals surface area contributed by atoms with Gasteiger partial charge in [0.15, 0.2) is 0 Å². The van der Waals surface area contributed by atoms with Gasteiger partial charge in [0.25, 0.3) is 0 Å². The van der Waals surface area contributed by atoms with E-state index in [-0.39, 0.29) is 19.0 Å². The fraction of sp³-hybridized carbons (Fsp3) is 0.250. The van der Waals surface area contributed by atoms with Crippen LogP contribution in [-0.4, -0.2) is 23.2 Å². The number of rotatable bonds is 4. The lowest BCUT2D eigenvalue weighted by molar-refractivity contribution is -0.387. The first-order valence-corrected chi connectivity index (χ1v) is 3.82. The quantitative estimate of drug-likeness (QED) is 0.584. The summed E-state index contributed by atoms with van der Waals surface area (Å²) in [5, 5.41) is 18.7. The molecular formula is C8H8FNO4. The Bertz CT molecular complexity index is 342. The number of aliphatic hydroxyl groups excluding tert-OH is 1. The van der Waals surface area contributed by atoms with Gasteiger partial charge >= 0.3 is 5.69 Å². The third kappa shape index (κ3) is 2.40. The number of nitro groups is 1. The first-order valence-electron chi connectivity index (χ1n) is 3.82. The van der Waals surface area contributed by atoms with Crippen LogP contribution in [0, 0.1) is 15.9 Å². The predicted octanol–water partition coefficient (Wildman–Crippen LogP) is 1.10. The van der Waals surface area contributed by atoms with Gasteiger partial charge in [-0.25, -0.2) is 0 Å². The van der Waals surface area contributed by atoms with Crippen LogP contribution < -0.4 is 4.74 Å². The molecule has 5 nitrogen and oxygen atoms in total. The van der Waals surface area contributed by atoms with Gasteiger partial charge in [-0.3, -0.25) is 10.1 Å². The van der Waals surface area contributed by atoms with E-state index in [1.165, 1.54) is 6.07 Å². The summed E-state index contributed by atoms with van der Waals surface area (Å²) >= 11 is 0. The molecule has 0 spiro atoms. The van der Waals surface area contributed by atoms with Gasteiger partial charge in [-0.05, 0) is 12.1 Å². The van der Waals surface area contributed by atoms with Crippen LogP contribution in [0.1, 0.15) is 0 Å². The molecule has 1 aromatic carbocycles. The Kier molecular flexibility index (Phi) is 3.35. The fourth-order valence-electron chi connectivity index (χ4n) is 0.886. The van der Waals surface area contributed by atoms with Gasteiger partial charge < -0.3 is 9.84 Å². The van der Waals surface area contributed by atoms with Crippen LogP contribution in [0.4, 0.5) is 10.1 Å². The van der Waals surface area contributed by atoms with Gasteiger partial charge in [-0.2, -0.15) is 4.39 Å². The van der Waals surface area contributed by atoms with Gasteiger partial charge in [-0.1, -0.05) is 0 Å². The van der Waals surface area contributed by atoms with E-state index in [2.05, 4.69) is 0 Å². The van der Waals surface area contributed by atoms with Gasteiger partial charge in [0.2, 0.25) is 5.82 Å². The number of benzene rings is 1. The summed E-state index contributed by atoms with van der Waals surface area (Å²) in [5.74, 6) is -0.751. The topological polar surface area (TPSA) is 72.6 Å². The number of nitrogens with zero attached hydrogens (tertiary/aromatic N) is 1. The van der Waals surface area contributed by atoms with E-state index in [0.29, 0.717) is 0 Å². The molecule has 0 amide bonds. The molecule has 0 saturated heterocycles. The van der Waals surface area contributed by atoms with Crippen LogP contribution in [0.2, 0.25) is 0 Å². The summed E-state index contributed by atoms with van der Waals surface area (Å²) in [6.07, 6.45) is 0. The Hall–Kier alpha value is -1.69. The maximum absolute atomic E-state index is 12.8. The summed E-state index contributed by atoms with van der Waals surface area (Å²) in [4.78, 5) is 9.48. The number of hydrogen-bond donors (Lipinski definition) is 1. The van der Waals surface area contributed by atoms with Gasteiger partial charge in [0.1, 0.15) is 12.4 Å². The summed E-state index contributed by atoms with van der Waals surface area (Å²) in [6, 6.07) is 3.19. The minimum absolute atomic E-state index is 0.0167. The molecule has 0 aromatic heterocycles. The smallest absolute Gasteiger partial charge is 0.308 e. The molecule has 0 bridgehead atoms. The van der Waals surface area contributed by atoms with Crippen molar-refractivity contribution in [2.24, 2.45) is 0 Å². The zero-order chi connectivity index (χ0) is 10.6. The van der Waals surface area contributed by atoms with Crippen molar-refractivity contribution < 1.29 is 19.2 Å². The highest BCUT2D eigenvalue weighted by molar-refractivity contribution is 5.39. The van der Waals surface area contributed by atoms with Crippen LogP contribution in [0.3, 0.4) is 0 Å². The van der Waals surface area contributed by atoms with E-state index >= 15 is 0 Å². The summed E-state index contributed by atoms with van der Waals surface area (Å²) < 4.78 is 17.7. The fourth-order valence-corrected chi connectivity index (χ4v) is 0.886. The van der Waals surface area contributed by atoms with Crippen LogP contribution in [-0.2, 0) is 0 Å². The van der Waals surface area contributed by atoms with Gasteiger partial charge in [-0.15, -0.1) is 0 Å². The molecule has 0 heterocycles. The molecule has 1 rings (SSSR count). The Labute approximate surface area is 78.9 Å². The Morgan fingerprint density at radius 1 is 1.57 bits per heavy atom. The van der Waals surface area contributed by atoms with E-state index in [9.17, 15) is 14.5 Å². The minimum Gasteiger partial charge on any atom is -0.491 e. The largest absolute Gasteiger partial charge is 0.491 e. The lowest BCUT2D eigenvalue weighted by atomic mass is 10.3. The van der Waals surface area contributed by atoms with E-state index in [0.717, 1.165) is 12.1 Å². The average Bonchev–Trinajstić information content (AvgIpc) is 2.16. The van der Waals surface area contributed by atoms with Crippen molar-refractivity contribution in [1.29, 1.82) is 0 Å². The van der Waals surface area contributed by atoms with Crippen molar-refractivity contribution >= 4 is 5.69 Å². The van der Waals surface area contributed by atoms with Crippen molar-refractivity contribution in [1.82, 2.24) is 0 Å². The van der Waals surface area contributed by atoms with Gasteiger partial charge in [0.05, 0.1) is 17.6 Å². The molecule has 0 unspecified atom stereocenters. The van der Waals surface area contributed by atoms with Gasteiger partial charge in [0, 0.05) is 0 Å². The molecule has 0 fully saturated rings. The molecular weight excluding hydrogens is 193 g/mol. The number of aliphatic hydroxyl groups is 1. The van der Waals surface area contributed by atoms with Crippen molar-refractivity contribution in [2.45, 2.75) is 0 Å². The lowest BCUT2D eigenvalue weighted by Gasteiger charge is -2.03. The van der Waals surface area contributed by atoms with Crippen molar-refractivity contribution in [3.05, 3.63) is 34.1 Å². The number of nitro benzene ring substituents is 1. The minimum atomic E-state index is -0.911. The van der Waals surface area contributed by atoms with Crippen LogP contribution in [0.5, 0.6) is 5.75 Å². The molecule has 0 aliphatic carbocycles. The first kappa shape index (κ1) is 10.4. The molecule has 0 saturated carbocycles. The predicted molar refractivity (Wildman–Crippen MR) is 45.6 cm³/mol. The van der Waals surface area contributed by atoms with E-state index in [1.807, 2.05) is 0 Å². The Balaban J connectivity index is 2.89. The molecule has 0 aliphatic heterocycles. The molecule has 76 valence electrons. The second kappa shape index (κ2) is 4.52. The maximum Gasteiger partial charge on any atom is 0.308 e. The summed E-state index contributed by atoms with van der Waals surface area (Å²) in [7, 11) is 0. The number of hydrogen-bond acceptors (Lipinski definition) is 4. The Morgan fingerprint density at radius 2 is 2.29 bits per heavy atom. The van der Waals surface area contributed by atoms with Crippen LogP contribution in [0.25, 0.3) is 0 Å². The lowest BCUT2D eigenvalue weighted by Crippen LogP contribution is -2.02. The second-order valence-electron chi connectivity index (χ2n) is 2.44. The zero-order valence-electron chi connectivity index (χ0n) is 7.14. The monoisotopic (exact) mass is 201 g/mol. The average molecular weight is 201 g/mol. The van der Waals surface area contributed by atoms with E-state index < -0.39 is 16.4 Å². The van der Waals surface area contributed by atoms with Crippen LogP contribution >= 0.6 is 0 Å². The standard InChI is InChI=1S/C8H8FNO4/c9-7-2-1-6(14-4-3-11)5-8(7)10(12)13/h1-2,5,11H,3-4H2. The summed E-state index contributed by atoms with van der Waals surface area (Å²) in [6.45, 7) is -0.187.